The molecule has 0 aliphatic rings. The SMILES string of the molecule is C[C@@H](NCc1ccc([N+](=O)[O-])s1)c1cccs1. The minimum Gasteiger partial charge on any atom is -0.305 e. The summed E-state index contributed by atoms with van der Waals surface area (Å²) in [7, 11) is 0. The molecule has 4 nitrogen and oxygen atoms in total. The lowest BCUT2D eigenvalue weighted by atomic mass is 10.3. The van der Waals surface area contributed by atoms with Crippen molar-refractivity contribution < 1.29 is 4.92 Å². The topological polar surface area (TPSA) is 55.2 Å². The number of nitrogens with zero attached hydrogens (tertiary/aromatic N) is 1. The van der Waals surface area contributed by atoms with Crippen LogP contribution in [0, 0.1) is 10.1 Å². The Balaban J connectivity index is 1.91. The highest BCUT2D eigenvalue weighted by atomic mass is 32.1. The number of nitrogens with one attached hydrogen (secondary N) is 1. The Morgan fingerprint density at radius 2 is 2.29 bits per heavy atom. The molecule has 1 N–H and O–H groups in total. The molecule has 6 heteroatoms. The lowest BCUT2D eigenvalue weighted by molar-refractivity contribution is -0.380. The highest BCUT2D eigenvalue weighted by Crippen LogP contribution is 2.25. The van der Waals surface area contributed by atoms with Crippen molar-refractivity contribution in [2.75, 3.05) is 0 Å². The Morgan fingerprint density at radius 1 is 1.47 bits per heavy atom. The van der Waals surface area contributed by atoms with Crippen molar-refractivity contribution in [2.24, 2.45) is 0 Å². The van der Waals surface area contributed by atoms with Crippen LogP contribution in [0.1, 0.15) is 22.7 Å². The van der Waals surface area contributed by atoms with Gasteiger partial charge in [-0.1, -0.05) is 17.4 Å². The number of hydrogen-bond acceptors (Lipinski definition) is 5. The van der Waals surface area contributed by atoms with Crippen LogP contribution in [0.25, 0.3) is 0 Å². The molecule has 17 heavy (non-hydrogen) atoms. The van der Waals surface area contributed by atoms with E-state index in [4.69, 9.17) is 0 Å². The van der Waals surface area contributed by atoms with Crippen LogP contribution in [0.3, 0.4) is 0 Å². The second kappa shape index (κ2) is 5.39. The van der Waals surface area contributed by atoms with Gasteiger partial charge in [0.2, 0.25) is 0 Å². The Kier molecular flexibility index (Phi) is 3.88. The van der Waals surface area contributed by atoms with E-state index >= 15 is 0 Å². The molecule has 0 saturated heterocycles. The number of hydrogen-bond donors (Lipinski definition) is 1. The van der Waals surface area contributed by atoms with Crippen LogP contribution >= 0.6 is 22.7 Å². The standard InChI is InChI=1S/C11H12N2O2S2/c1-8(10-3-2-6-16-10)12-7-9-4-5-11(17-9)13(14)15/h2-6,8,12H,7H2,1H3/t8-/m1/s1. The van der Waals surface area contributed by atoms with E-state index in [2.05, 4.69) is 18.3 Å². The molecule has 0 aliphatic heterocycles. The molecule has 2 aromatic heterocycles. The van der Waals surface area contributed by atoms with Gasteiger partial charge in [-0.3, -0.25) is 10.1 Å². The zero-order valence-corrected chi connectivity index (χ0v) is 10.9. The third-order valence-electron chi connectivity index (χ3n) is 2.38. The molecule has 0 saturated carbocycles. The van der Waals surface area contributed by atoms with Gasteiger partial charge in [-0.05, 0) is 24.4 Å². The summed E-state index contributed by atoms with van der Waals surface area (Å²) in [6, 6.07) is 7.73. The fourth-order valence-electron chi connectivity index (χ4n) is 1.45. The largest absolute Gasteiger partial charge is 0.324 e. The van der Waals surface area contributed by atoms with Gasteiger partial charge in [0.25, 0.3) is 0 Å². The molecular weight excluding hydrogens is 256 g/mol. The van der Waals surface area contributed by atoms with Crippen molar-refractivity contribution >= 4 is 27.7 Å². The van der Waals surface area contributed by atoms with Crippen molar-refractivity contribution in [3.63, 3.8) is 0 Å². The molecule has 0 spiro atoms. The monoisotopic (exact) mass is 268 g/mol. The van der Waals surface area contributed by atoms with Crippen LogP contribution in [-0.4, -0.2) is 4.92 Å². The summed E-state index contributed by atoms with van der Waals surface area (Å²) in [6.07, 6.45) is 0. The zero-order valence-electron chi connectivity index (χ0n) is 9.25. The molecule has 1 atom stereocenters. The van der Waals surface area contributed by atoms with Crippen molar-refractivity contribution in [1.29, 1.82) is 0 Å². The van der Waals surface area contributed by atoms with E-state index in [9.17, 15) is 10.1 Å². The normalized spacial score (nSPS) is 12.5. The van der Waals surface area contributed by atoms with E-state index in [0.717, 1.165) is 4.88 Å². The summed E-state index contributed by atoms with van der Waals surface area (Å²) in [5.41, 5.74) is 0. The first-order valence-corrected chi connectivity index (χ1v) is 6.86. The van der Waals surface area contributed by atoms with Crippen LogP contribution in [0.15, 0.2) is 29.6 Å². The molecule has 0 fully saturated rings. The summed E-state index contributed by atoms with van der Waals surface area (Å²) >= 11 is 2.93. The quantitative estimate of drug-likeness (QED) is 0.666. The highest BCUT2D eigenvalue weighted by molar-refractivity contribution is 7.15. The predicted molar refractivity (Wildman–Crippen MR) is 70.5 cm³/mol. The molecule has 0 aliphatic carbocycles. The summed E-state index contributed by atoms with van der Waals surface area (Å²) in [4.78, 5) is 12.4. The molecular formula is C11H12N2O2S2. The molecule has 90 valence electrons. The summed E-state index contributed by atoms with van der Waals surface area (Å²) in [5, 5.41) is 16.1. The fourth-order valence-corrected chi connectivity index (χ4v) is 2.98. The van der Waals surface area contributed by atoms with Gasteiger partial charge in [-0.2, -0.15) is 0 Å². The molecule has 2 aromatic rings. The van der Waals surface area contributed by atoms with Crippen molar-refractivity contribution in [3.05, 3.63) is 49.5 Å². The first kappa shape index (κ1) is 12.2. The van der Waals surface area contributed by atoms with Crippen molar-refractivity contribution in [2.45, 2.75) is 19.5 Å². The van der Waals surface area contributed by atoms with Crippen LogP contribution in [-0.2, 0) is 6.54 Å². The molecule has 0 aromatic carbocycles. The number of nitro groups is 1. The maximum Gasteiger partial charge on any atom is 0.324 e. The van der Waals surface area contributed by atoms with Gasteiger partial charge in [0.1, 0.15) is 0 Å². The lowest BCUT2D eigenvalue weighted by Crippen LogP contribution is -2.16. The molecule has 0 unspecified atom stereocenters. The average molecular weight is 268 g/mol. The van der Waals surface area contributed by atoms with E-state index in [-0.39, 0.29) is 16.0 Å². The maximum atomic E-state index is 10.5. The van der Waals surface area contributed by atoms with Gasteiger partial charge in [0.15, 0.2) is 0 Å². The first-order chi connectivity index (χ1) is 8.16. The van der Waals surface area contributed by atoms with Crippen molar-refractivity contribution in [3.8, 4) is 0 Å². The van der Waals surface area contributed by atoms with Gasteiger partial charge < -0.3 is 5.32 Å². The van der Waals surface area contributed by atoms with Gasteiger partial charge >= 0.3 is 5.00 Å². The van der Waals surface area contributed by atoms with Crippen LogP contribution in [0.5, 0.6) is 0 Å². The van der Waals surface area contributed by atoms with E-state index < -0.39 is 0 Å². The van der Waals surface area contributed by atoms with Gasteiger partial charge in [-0.25, -0.2) is 0 Å². The molecule has 0 radical (unpaired) electrons. The maximum absolute atomic E-state index is 10.5. The van der Waals surface area contributed by atoms with Gasteiger partial charge in [-0.15, -0.1) is 11.3 Å². The predicted octanol–water partition coefficient (Wildman–Crippen LogP) is 3.57. The smallest absolute Gasteiger partial charge is 0.305 e. The van der Waals surface area contributed by atoms with Crippen molar-refractivity contribution in [1.82, 2.24) is 5.32 Å². The highest BCUT2D eigenvalue weighted by Gasteiger charge is 2.11. The Bertz CT molecular complexity index is 493. The van der Waals surface area contributed by atoms with E-state index in [1.807, 2.05) is 11.4 Å². The van der Waals surface area contributed by atoms with E-state index in [1.165, 1.54) is 16.2 Å². The van der Waals surface area contributed by atoms with Gasteiger partial charge in [0, 0.05) is 28.4 Å². The average Bonchev–Trinajstić information content (AvgIpc) is 2.97. The van der Waals surface area contributed by atoms with E-state index in [1.54, 1.807) is 23.5 Å². The second-order valence-electron chi connectivity index (χ2n) is 3.62. The third kappa shape index (κ3) is 3.12. The molecule has 2 heterocycles. The summed E-state index contributed by atoms with van der Waals surface area (Å²) in [5.74, 6) is 0. The minimum absolute atomic E-state index is 0.200. The van der Waals surface area contributed by atoms with Gasteiger partial charge in [0.05, 0.1) is 4.92 Å². The Labute approximate surface area is 107 Å². The molecule has 0 amide bonds. The third-order valence-corrected chi connectivity index (χ3v) is 4.47. The zero-order chi connectivity index (χ0) is 12.3. The molecule has 2 rings (SSSR count). The lowest BCUT2D eigenvalue weighted by Gasteiger charge is -2.10. The van der Waals surface area contributed by atoms with Crippen LogP contribution < -0.4 is 5.32 Å². The second-order valence-corrected chi connectivity index (χ2v) is 5.74. The van der Waals surface area contributed by atoms with Crippen LogP contribution in [0.4, 0.5) is 5.00 Å². The van der Waals surface area contributed by atoms with E-state index in [0.29, 0.717) is 6.54 Å². The van der Waals surface area contributed by atoms with Crippen LogP contribution in [0.2, 0.25) is 0 Å². The summed E-state index contributed by atoms with van der Waals surface area (Å²) < 4.78 is 0. The summed E-state index contributed by atoms with van der Waals surface area (Å²) in [6.45, 7) is 2.76. The minimum atomic E-state index is -0.350. The Morgan fingerprint density at radius 3 is 2.88 bits per heavy atom. The molecule has 0 bridgehead atoms. The number of thiophene rings is 2. The first-order valence-electron chi connectivity index (χ1n) is 5.16. The Hall–Kier alpha value is -1.24. The number of rotatable bonds is 5. The fraction of sp³-hybridized carbons (Fsp3) is 0.273.